The smallest absolute Gasteiger partial charge is 0.224 e. The van der Waals surface area contributed by atoms with Crippen molar-refractivity contribution in [2.24, 2.45) is 11.7 Å². The molecule has 0 aliphatic heterocycles. The third kappa shape index (κ3) is 3.10. The molecule has 3 nitrogen and oxygen atoms in total. The molecule has 0 aromatic heterocycles. The number of carbonyl (C=O) groups excluding carboxylic acids is 1. The van der Waals surface area contributed by atoms with E-state index in [0.717, 1.165) is 25.7 Å². The van der Waals surface area contributed by atoms with Crippen molar-refractivity contribution in [1.29, 1.82) is 0 Å². The highest BCUT2D eigenvalue weighted by Gasteiger charge is 2.27. The van der Waals surface area contributed by atoms with Crippen molar-refractivity contribution in [3.8, 4) is 0 Å². The van der Waals surface area contributed by atoms with Crippen LogP contribution in [0.25, 0.3) is 0 Å². The lowest BCUT2D eigenvalue weighted by molar-refractivity contribution is -0.126. The van der Waals surface area contributed by atoms with Crippen LogP contribution in [0, 0.1) is 12.8 Å². The molecule has 3 N–H and O–H groups in total. The molecular weight excluding hydrogens is 224 g/mol. The molecule has 98 valence electrons. The first-order chi connectivity index (χ1) is 8.68. The van der Waals surface area contributed by atoms with Crippen LogP contribution in [0.5, 0.6) is 0 Å². The third-order valence-corrected chi connectivity index (χ3v) is 3.87. The van der Waals surface area contributed by atoms with Gasteiger partial charge >= 0.3 is 0 Å². The summed E-state index contributed by atoms with van der Waals surface area (Å²) in [6, 6.07) is 8.17. The highest BCUT2D eigenvalue weighted by Crippen LogP contribution is 2.23. The van der Waals surface area contributed by atoms with Crippen LogP contribution in [0.3, 0.4) is 0 Å². The fourth-order valence-electron chi connectivity index (χ4n) is 2.61. The summed E-state index contributed by atoms with van der Waals surface area (Å²) in [5.41, 5.74) is 8.41. The Balaban J connectivity index is 1.90. The first kappa shape index (κ1) is 13.1. The molecule has 1 aliphatic carbocycles. The van der Waals surface area contributed by atoms with Gasteiger partial charge in [-0.05, 0) is 30.9 Å². The molecule has 0 spiro atoms. The number of hydrogen-bond acceptors (Lipinski definition) is 2. The molecule has 1 saturated carbocycles. The van der Waals surface area contributed by atoms with E-state index >= 15 is 0 Å². The van der Waals surface area contributed by atoms with Gasteiger partial charge in [0, 0.05) is 12.6 Å². The molecule has 18 heavy (non-hydrogen) atoms. The van der Waals surface area contributed by atoms with E-state index in [1.165, 1.54) is 11.1 Å². The Labute approximate surface area is 109 Å². The van der Waals surface area contributed by atoms with Crippen LogP contribution in [0.2, 0.25) is 0 Å². The molecule has 0 bridgehead atoms. The van der Waals surface area contributed by atoms with Gasteiger partial charge in [0.15, 0.2) is 0 Å². The summed E-state index contributed by atoms with van der Waals surface area (Å²) in [6.07, 6.45) is 4.18. The van der Waals surface area contributed by atoms with Crippen LogP contribution in [0.15, 0.2) is 24.3 Å². The van der Waals surface area contributed by atoms with Gasteiger partial charge in [-0.3, -0.25) is 4.79 Å². The lowest BCUT2D eigenvalue weighted by Crippen LogP contribution is -2.43. The molecule has 1 aromatic rings. The monoisotopic (exact) mass is 246 g/mol. The Bertz CT molecular complexity index is 417. The Morgan fingerprint density at radius 1 is 1.33 bits per heavy atom. The molecule has 2 rings (SSSR count). The van der Waals surface area contributed by atoms with Gasteiger partial charge in [-0.2, -0.15) is 0 Å². The largest absolute Gasteiger partial charge is 0.352 e. The van der Waals surface area contributed by atoms with Crippen molar-refractivity contribution in [2.75, 3.05) is 0 Å². The minimum absolute atomic E-state index is 0.00256. The van der Waals surface area contributed by atoms with E-state index in [-0.39, 0.29) is 17.9 Å². The summed E-state index contributed by atoms with van der Waals surface area (Å²) >= 11 is 0. The number of benzene rings is 1. The standard InChI is InChI=1S/C15H22N2O/c1-11-6-2-3-7-12(11)10-17-15(18)13-8-4-5-9-14(13)16/h2-3,6-7,13-14H,4-5,8-10,16H2,1H3,(H,17,18). The van der Waals surface area contributed by atoms with Gasteiger partial charge in [0.2, 0.25) is 5.91 Å². The molecule has 0 saturated heterocycles. The number of rotatable bonds is 3. The third-order valence-electron chi connectivity index (χ3n) is 3.87. The van der Waals surface area contributed by atoms with Gasteiger partial charge in [-0.25, -0.2) is 0 Å². The average molecular weight is 246 g/mol. The molecule has 2 atom stereocenters. The van der Waals surface area contributed by atoms with Crippen LogP contribution in [0.4, 0.5) is 0 Å². The maximum Gasteiger partial charge on any atom is 0.224 e. The average Bonchev–Trinajstić information content (AvgIpc) is 2.38. The second-order valence-corrected chi connectivity index (χ2v) is 5.20. The van der Waals surface area contributed by atoms with Gasteiger partial charge in [0.05, 0.1) is 5.92 Å². The summed E-state index contributed by atoms with van der Waals surface area (Å²) in [5, 5.41) is 3.02. The summed E-state index contributed by atoms with van der Waals surface area (Å²) < 4.78 is 0. The highest BCUT2D eigenvalue weighted by molar-refractivity contribution is 5.79. The van der Waals surface area contributed by atoms with E-state index in [2.05, 4.69) is 24.4 Å². The number of nitrogens with one attached hydrogen (secondary N) is 1. The molecule has 1 aliphatic rings. The molecule has 0 heterocycles. The van der Waals surface area contributed by atoms with Crippen molar-refractivity contribution in [1.82, 2.24) is 5.32 Å². The molecular formula is C15H22N2O. The molecule has 1 aromatic carbocycles. The Kier molecular flexibility index (Phi) is 4.37. The van der Waals surface area contributed by atoms with Crippen LogP contribution >= 0.6 is 0 Å². The molecule has 2 unspecified atom stereocenters. The quantitative estimate of drug-likeness (QED) is 0.858. The Morgan fingerprint density at radius 2 is 2.06 bits per heavy atom. The zero-order chi connectivity index (χ0) is 13.0. The fourth-order valence-corrected chi connectivity index (χ4v) is 2.61. The van der Waals surface area contributed by atoms with Crippen LogP contribution < -0.4 is 11.1 Å². The summed E-state index contributed by atoms with van der Waals surface area (Å²) in [4.78, 5) is 12.1. The number of hydrogen-bond donors (Lipinski definition) is 2. The van der Waals surface area contributed by atoms with Crippen molar-refractivity contribution < 1.29 is 4.79 Å². The molecule has 1 amide bonds. The normalized spacial score (nSPS) is 23.7. The van der Waals surface area contributed by atoms with Gasteiger partial charge in [-0.15, -0.1) is 0 Å². The van der Waals surface area contributed by atoms with Crippen molar-refractivity contribution >= 4 is 5.91 Å². The van der Waals surface area contributed by atoms with E-state index in [1.807, 2.05) is 12.1 Å². The van der Waals surface area contributed by atoms with Crippen LogP contribution in [0.1, 0.15) is 36.8 Å². The second kappa shape index (κ2) is 6.01. The zero-order valence-corrected chi connectivity index (χ0v) is 11.0. The molecule has 0 radical (unpaired) electrons. The Morgan fingerprint density at radius 3 is 2.78 bits per heavy atom. The van der Waals surface area contributed by atoms with E-state index in [9.17, 15) is 4.79 Å². The molecule has 3 heteroatoms. The van der Waals surface area contributed by atoms with Gasteiger partial charge in [-0.1, -0.05) is 37.1 Å². The van der Waals surface area contributed by atoms with Crippen LogP contribution in [-0.2, 0) is 11.3 Å². The minimum atomic E-state index is 0.00256. The summed E-state index contributed by atoms with van der Waals surface area (Å²) in [5.74, 6) is 0.119. The first-order valence-electron chi connectivity index (χ1n) is 6.76. The summed E-state index contributed by atoms with van der Waals surface area (Å²) in [6.45, 7) is 2.67. The van der Waals surface area contributed by atoms with Crippen molar-refractivity contribution in [2.45, 2.75) is 45.2 Å². The lowest BCUT2D eigenvalue weighted by Gasteiger charge is -2.27. The van der Waals surface area contributed by atoms with E-state index < -0.39 is 0 Å². The lowest BCUT2D eigenvalue weighted by atomic mass is 9.84. The number of amides is 1. The number of aryl methyl sites for hydroxylation is 1. The van der Waals surface area contributed by atoms with E-state index in [4.69, 9.17) is 5.73 Å². The highest BCUT2D eigenvalue weighted by atomic mass is 16.1. The number of nitrogens with two attached hydrogens (primary N) is 1. The first-order valence-corrected chi connectivity index (χ1v) is 6.76. The van der Waals surface area contributed by atoms with Gasteiger partial charge in [0.1, 0.15) is 0 Å². The Hall–Kier alpha value is -1.35. The summed E-state index contributed by atoms with van der Waals surface area (Å²) in [7, 11) is 0. The second-order valence-electron chi connectivity index (χ2n) is 5.20. The predicted molar refractivity (Wildman–Crippen MR) is 73.0 cm³/mol. The fraction of sp³-hybridized carbons (Fsp3) is 0.533. The van der Waals surface area contributed by atoms with Gasteiger partial charge < -0.3 is 11.1 Å². The minimum Gasteiger partial charge on any atom is -0.352 e. The van der Waals surface area contributed by atoms with E-state index in [0.29, 0.717) is 6.54 Å². The van der Waals surface area contributed by atoms with Gasteiger partial charge in [0.25, 0.3) is 0 Å². The predicted octanol–water partition coefficient (Wildman–Crippen LogP) is 2.13. The maximum atomic E-state index is 12.1. The van der Waals surface area contributed by atoms with Crippen molar-refractivity contribution in [3.05, 3.63) is 35.4 Å². The van der Waals surface area contributed by atoms with Crippen LogP contribution in [-0.4, -0.2) is 11.9 Å². The SMILES string of the molecule is Cc1ccccc1CNC(=O)C1CCCCC1N. The zero-order valence-electron chi connectivity index (χ0n) is 11.0. The number of carbonyl (C=O) groups is 1. The maximum absolute atomic E-state index is 12.1. The van der Waals surface area contributed by atoms with Crippen molar-refractivity contribution in [3.63, 3.8) is 0 Å². The van der Waals surface area contributed by atoms with E-state index in [1.54, 1.807) is 0 Å². The topological polar surface area (TPSA) is 55.1 Å². The molecule has 1 fully saturated rings.